The van der Waals surface area contributed by atoms with E-state index in [2.05, 4.69) is 50.0 Å². The van der Waals surface area contributed by atoms with Gasteiger partial charge in [-0.25, -0.2) is 0 Å². The second-order valence-corrected chi connectivity index (χ2v) is 6.19. The summed E-state index contributed by atoms with van der Waals surface area (Å²) < 4.78 is 0. The molecule has 1 rings (SSSR count). The number of rotatable bonds is 8. The molecule has 0 aromatic carbocycles. The molecule has 0 radical (unpaired) electrons. The quantitative estimate of drug-likeness (QED) is 0.716. The molecule has 1 aromatic rings. The smallest absolute Gasteiger partial charge is 0.0300 e. The molecule has 1 N–H and O–H groups in total. The average Bonchev–Trinajstić information content (AvgIpc) is 2.68. The summed E-state index contributed by atoms with van der Waals surface area (Å²) in [4.78, 5) is 5.37. The van der Waals surface area contributed by atoms with Gasteiger partial charge in [0.25, 0.3) is 0 Å². The Bertz CT molecular complexity index is 307. The minimum atomic E-state index is 0.653. The maximum atomic E-state index is 3.53. The maximum absolute atomic E-state index is 3.53. The first-order valence-corrected chi connectivity index (χ1v) is 7.45. The summed E-state index contributed by atoms with van der Waals surface area (Å²) in [6, 6.07) is 5.07. The molecule has 0 aliphatic carbocycles. The Balaban J connectivity index is 2.18. The van der Waals surface area contributed by atoms with Gasteiger partial charge in [-0.05, 0) is 45.9 Å². The molecular formula is C14H26N2S. The van der Waals surface area contributed by atoms with E-state index >= 15 is 0 Å². The molecule has 0 aliphatic heterocycles. The van der Waals surface area contributed by atoms with Gasteiger partial charge in [0.15, 0.2) is 0 Å². The van der Waals surface area contributed by atoms with Crippen LogP contribution in [0.15, 0.2) is 12.1 Å². The van der Waals surface area contributed by atoms with Crippen molar-refractivity contribution in [3.05, 3.63) is 21.9 Å². The third-order valence-corrected chi connectivity index (χ3v) is 3.91. The lowest BCUT2D eigenvalue weighted by Crippen LogP contribution is -2.37. The lowest BCUT2D eigenvalue weighted by atomic mass is 10.3. The van der Waals surface area contributed by atoms with Crippen LogP contribution in [-0.4, -0.2) is 30.6 Å². The highest BCUT2D eigenvalue weighted by atomic mass is 32.1. The van der Waals surface area contributed by atoms with Gasteiger partial charge in [-0.1, -0.05) is 6.92 Å². The van der Waals surface area contributed by atoms with Crippen LogP contribution in [0.5, 0.6) is 0 Å². The highest BCUT2D eigenvalue weighted by Crippen LogP contribution is 2.14. The normalized spacial score (nSPS) is 11.6. The van der Waals surface area contributed by atoms with Crippen molar-refractivity contribution in [2.75, 3.05) is 19.6 Å². The van der Waals surface area contributed by atoms with Crippen molar-refractivity contribution in [1.82, 2.24) is 10.2 Å². The van der Waals surface area contributed by atoms with Crippen LogP contribution in [0.4, 0.5) is 0 Å². The first-order valence-electron chi connectivity index (χ1n) is 6.63. The molecule has 0 saturated heterocycles. The van der Waals surface area contributed by atoms with Crippen LogP contribution in [0.25, 0.3) is 0 Å². The number of nitrogens with one attached hydrogen (secondary N) is 1. The van der Waals surface area contributed by atoms with Crippen LogP contribution >= 0.6 is 11.3 Å². The van der Waals surface area contributed by atoms with Gasteiger partial charge >= 0.3 is 0 Å². The molecule has 2 nitrogen and oxygen atoms in total. The molecule has 0 saturated carbocycles. The van der Waals surface area contributed by atoms with E-state index in [0.717, 1.165) is 19.6 Å². The lowest BCUT2D eigenvalue weighted by molar-refractivity contribution is 0.222. The summed E-state index contributed by atoms with van der Waals surface area (Å²) in [6.07, 6.45) is 1.24. The van der Waals surface area contributed by atoms with Gasteiger partial charge in [-0.2, -0.15) is 0 Å². The Morgan fingerprint density at radius 2 is 2.06 bits per heavy atom. The number of nitrogens with zero attached hydrogens (tertiary/aromatic N) is 1. The van der Waals surface area contributed by atoms with E-state index in [9.17, 15) is 0 Å². The third kappa shape index (κ3) is 5.66. The molecule has 0 bridgehead atoms. The molecular weight excluding hydrogens is 228 g/mol. The number of hydrogen-bond acceptors (Lipinski definition) is 3. The van der Waals surface area contributed by atoms with E-state index in [1.807, 2.05) is 11.3 Å². The fourth-order valence-corrected chi connectivity index (χ4v) is 2.79. The van der Waals surface area contributed by atoms with Crippen molar-refractivity contribution in [3.63, 3.8) is 0 Å². The van der Waals surface area contributed by atoms with Gasteiger partial charge in [-0.15, -0.1) is 11.3 Å². The average molecular weight is 254 g/mol. The van der Waals surface area contributed by atoms with E-state index < -0.39 is 0 Å². The van der Waals surface area contributed by atoms with Gasteiger partial charge in [-0.3, -0.25) is 4.90 Å². The Morgan fingerprint density at radius 3 is 2.59 bits per heavy atom. The highest BCUT2D eigenvalue weighted by Gasteiger charge is 2.07. The monoisotopic (exact) mass is 254 g/mol. The van der Waals surface area contributed by atoms with Crippen molar-refractivity contribution in [1.29, 1.82) is 0 Å². The maximum Gasteiger partial charge on any atom is 0.0300 e. The van der Waals surface area contributed by atoms with Crippen molar-refractivity contribution in [3.8, 4) is 0 Å². The minimum Gasteiger partial charge on any atom is -0.311 e. The minimum absolute atomic E-state index is 0.653. The molecule has 98 valence electrons. The van der Waals surface area contributed by atoms with Gasteiger partial charge in [0.05, 0.1) is 0 Å². The standard InChI is InChI=1S/C14H26N2S/c1-5-9-16(12(2)3)10-8-15-11-14-7-6-13(4)17-14/h6-7,12,15H,5,8-11H2,1-4H3. The topological polar surface area (TPSA) is 15.3 Å². The highest BCUT2D eigenvalue weighted by molar-refractivity contribution is 7.11. The second kappa shape index (κ2) is 7.85. The van der Waals surface area contributed by atoms with Crippen LogP contribution in [0.3, 0.4) is 0 Å². The number of thiophene rings is 1. The fraction of sp³-hybridized carbons (Fsp3) is 0.714. The molecule has 0 spiro atoms. The fourth-order valence-electron chi connectivity index (χ4n) is 1.93. The summed E-state index contributed by atoms with van der Waals surface area (Å²) in [5, 5.41) is 3.53. The Morgan fingerprint density at radius 1 is 1.29 bits per heavy atom. The molecule has 0 aliphatic rings. The van der Waals surface area contributed by atoms with E-state index in [0.29, 0.717) is 6.04 Å². The van der Waals surface area contributed by atoms with Gasteiger partial charge in [0.2, 0.25) is 0 Å². The lowest BCUT2D eigenvalue weighted by Gasteiger charge is -2.25. The van der Waals surface area contributed by atoms with Gasteiger partial charge in [0, 0.05) is 35.4 Å². The van der Waals surface area contributed by atoms with Crippen molar-refractivity contribution in [2.24, 2.45) is 0 Å². The Labute approximate surface area is 110 Å². The summed E-state index contributed by atoms with van der Waals surface area (Å²) in [7, 11) is 0. The first-order chi connectivity index (χ1) is 8.13. The largest absolute Gasteiger partial charge is 0.311 e. The predicted molar refractivity (Wildman–Crippen MR) is 77.8 cm³/mol. The van der Waals surface area contributed by atoms with Gasteiger partial charge < -0.3 is 5.32 Å². The van der Waals surface area contributed by atoms with Crippen LogP contribution in [0, 0.1) is 6.92 Å². The number of aryl methyl sites for hydroxylation is 1. The molecule has 3 heteroatoms. The zero-order chi connectivity index (χ0) is 12.7. The summed E-state index contributed by atoms with van der Waals surface area (Å²) in [5.74, 6) is 0. The number of hydrogen-bond donors (Lipinski definition) is 1. The molecule has 0 atom stereocenters. The molecule has 1 heterocycles. The van der Waals surface area contributed by atoms with E-state index in [1.165, 1.54) is 22.7 Å². The SMILES string of the molecule is CCCN(CCNCc1ccc(C)s1)C(C)C. The predicted octanol–water partition coefficient (Wildman–Crippen LogP) is 3.27. The van der Waals surface area contributed by atoms with E-state index in [1.54, 1.807) is 0 Å². The van der Waals surface area contributed by atoms with Crippen LogP contribution < -0.4 is 5.32 Å². The molecule has 1 aromatic heterocycles. The Hall–Kier alpha value is -0.380. The Kier molecular flexibility index (Phi) is 6.78. The van der Waals surface area contributed by atoms with E-state index in [-0.39, 0.29) is 0 Å². The summed E-state index contributed by atoms with van der Waals surface area (Å²) in [6.45, 7) is 13.4. The zero-order valence-corrected chi connectivity index (χ0v) is 12.4. The summed E-state index contributed by atoms with van der Waals surface area (Å²) in [5.41, 5.74) is 0. The molecule has 0 amide bonds. The molecule has 17 heavy (non-hydrogen) atoms. The molecule has 0 fully saturated rings. The van der Waals surface area contributed by atoms with Gasteiger partial charge in [0.1, 0.15) is 0 Å². The van der Waals surface area contributed by atoms with Crippen molar-refractivity contribution >= 4 is 11.3 Å². The van der Waals surface area contributed by atoms with E-state index in [4.69, 9.17) is 0 Å². The van der Waals surface area contributed by atoms with Crippen molar-refractivity contribution < 1.29 is 0 Å². The molecule has 0 unspecified atom stereocenters. The first kappa shape index (κ1) is 14.7. The van der Waals surface area contributed by atoms with Crippen molar-refractivity contribution in [2.45, 2.75) is 46.7 Å². The second-order valence-electron chi connectivity index (χ2n) is 4.82. The van der Waals surface area contributed by atoms with Crippen LogP contribution in [0.1, 0.15) is 36.9 Å². The van der Waals surface area contributed by atoms with Crippen LogP contribution in [-0.2, 0) is 6.54 Å². The third-order valence-electron chi connectivity index (χ3n) is 2.91. The zero-order valence-electron chi connectivity index (χ0n) is 11.6. The van der Waals surface area contributed by atoms with Crippen LogP contribution in [0.2, 0.25) is 0 Å². The summed E-state index contributed by atoms with van der Waals surface area (Å²) >= 11 is 1.89.